The normalized spacial score (nSPS) is 10.6. The lowest BCUT2D eigenvalue weighted by Crippen LogP contribution is -1.91. The maximum atomic E-state index is 9.27. The van der Waals surface area contributed by atoms with Crippen LogP contribution in [0.25, 0.3) is 16.8 Å². The van der Waals surface area contributed by atoms with E-state index in [1.165, 1.54) is 0 Å². The number of pyridine rings is 1. The van der Waals surface area contributed by atoms with E-state index in [0.717, 1.165) is 16.8 Å². The number of halogens is 2. The van der Waals surface area contributed by atoms with E-state index in [4.69, 9.17) is 23.2 Å². The number of aromatic nitrogens is 2. The summed E-state index contributed by atoms with van der Waals surface area (Å²) in [7, 11) is 0. The third-order valence-corrected chi connectivity index (χ3v) is 3.42. The number of benzene rings is 1. The summed E-state index contributed by atoms with van der Waals surface area (Å²) in [6.07, 6.45) is 5.35. The molecule has 3 aromatic rings. The van der Waals surface area contributed by atoms with Gasteiger partial charge in [-0.05, 0) is 18.2 Å². The van der Waals surface area contributed by atoms with Crippen molar-refractivity contribution in [1.29, 1.82) is 5.26 Å². The Hall–Kier alpha value is -2.02. The maximum absolute atomic E-state index is 9.27. The molecule has 3 rings (SSSR count). The SMILES string of the molecule is N#Cc1cc2nccn2cc1-c1ccc(Cl)cc1Cl. The van der Waals surface area contributed by atoms with Crippen LogP contribution < -0.4 is 0 Å². The van der Waals surface area contributed by atoms with Crippen LogP contribution in [0.15, 0.2) is 42.9 Å². The summed E-state index contributed by atoms with van der Waals surface area (Å²) in [4.78, 5) is 4.16. The second-order valence-electron chi connectivity index (χ2n) is 4.03. The fourth-order valence-corrected chi connectivity index (χ4v) is 2.49. The number of nitriles is 1. The lowest BCUT2D eigenvalue weighted by atomic mass is 10.0. The molecule has 0 spiro atoms. The van der Waals surface area contributed by atoms with E-state index in [1.54, 1.807) is 24.4 Å². The van der Waals surface area contributed by atoms with Crippen molar-refractivity contribution < 1.29 is 0 Å². The predicted molar refractivity (Wildman–Crippen MR) is 75.4 cm³/mol. The maximum Gasteiger partial charge on any atom is 0.137 e. The van der Waals surface area contributed by atoms with E-state index in [9.17, 15) is 5.26 Å². The van der Waals surface area contributed by atoms with Gasteiger partial charge in [-0.3, -0.25) is 0 Å². The number of hydrogen-bond donors (Lipinski definition) is 0. The predicted octanol–water partition coefficient (Wildman–Crippen LogP) is 4.18. The van der Waals surface area contributed by atoms with Crippen molar-refractivity contribution >= 4 is 28.8 Å². The topological polar surface area (TPSA) is 41.1 Å². The summed E-state index contributed by atoms with van der Waals surface area (Å²) < 4.78 is 1.85. The Morgan fingerprint density at radius 1 is 1.16 bits per heavy atom. The molecule has 0 fully saturated rings. The van der Waals surface area contributed by atoms with Gasteiger partial charge in [0.25, 0.3) is 0 Å². The Morgan fingerprint density at radius 3 is 2.74 bits per heavy atom. The molecule has 5 heteroatoms. The van der Waals surface area contributed by atoms with E-state index >= 15 is 0 Å². The van der Waals surface area contributed by atoms with Crippen LogP contribution in [0.5, 0.6) is 0 Å². The highest BCUT2D eigenvalue weighted by Gasteiger charge is 2.11. The molecule has 2 aromatic heterocycles. The Labute approximate surface area is 119 Å². The molecule has 0 amide bonds. The second kappa shape index (κ2) is 4.58. The van der Waals surface area contributed by atoms with E-state index in [-0.39, 0.29) is 0 Å². The van der Waals surface area contributed by atoms with Gasteiger partial charge in [-0.15, -0.1) is 0 Å². The van der Waals surface area contributed by atoms with Crippen molar-refractivity contribution in [2.24, 2.45) is 0 Å². The molecule has 0 atom stereocenters. The van der Waals surface area contributed by atoms with Crippen molar-refractivity contribution in [1.82, 2.24) is 9.38 Å². The molecule has 0 aliphatic heterocycles. The standard InChI is InChI=1S/C14H7Cl2N3/c15-10-1-2-11(13(16)6-10)12-8-19-4-3-18-14(19)5-9(12)7-17/h1-6,8H. The molecule has 0 aliphatic rings. The van der Waals surface area contributed by atoms with E-state index in [2.05, 4.69) is 11.1 Å². The van der Waals surface area contributed by atoms with Crippen molar-refractivity contribution in [3.63, 3.8) is 0 Å². The fraction of sp³-hybridized carbons (Fsp3) is 0. The number of rotatable bonds is 1. The third-order valence-electron chi connectivity index (χ3n) is 2.87. The minimum absolute atomic E-state index is 0.517. The first-order chi connectivity index (χ1) is 9.19. The Kier molecular flexibility index (Phi) is 2.90. The Balaban J connectivity index is 2.31. The summed E-state index contributed by atoms with van der Waals surface area (Å²) >= 11 is 12.1. The summed E-state index contributed by atoms with van der Waals surface area (Å²) in [6.45, 7) is 0. The molecular formula is C14H7Cl2N3. The van der Waals surface area contributed by atoms with Crippen LogP contribution in [-0.4, -0.2) is 9.38 Å². The Bertz CT molecular complexity index is 815. The van der Waals surface area contributed by atoms with E-state index < -0.39 is 0 Å². The first-order valence-electron chi connectivity index (χ1n) is 5.51. The smallest absolute Gasteiger partial charge is 0.137 e. The van der Waals surface area contributed by atoms with E-state index in [1.807, 2.05) is 22.9 Å². The van der Waals surface area contributed by atoms with Gasteiger partial charge in [0.1, 0.15) is 5.65 Å². The van der Waals surface area contributed by atoms with Crippen molar-refractivity contribution in [3.8, 4) is 17.2 Å². The van der Waals surface area contributed by atoms with Crippen molar-refractivity contribution in [2.75, 3.05) is 0 Å². The molecule has 1 aromatic carbocycles. The third kappa shape index (κ3) is 2.06. The molecule has 0 radical (unpaired) electrons. The molecule has 0 unspecified atom stereocenters. The Morgan fingerprint density at radius 2 is 2.00 bits per heavy atom. The number of imidazole rings is 1. The van der Waals surface area contributed by atoms with Gasteiger partial charge in [-0.25, -0.2) is 4.98 Å². The number of fused-ring (bicyclic) bond motifs is 1. The molecule has 2 heterocycles. The second-order valence-corrected chi connectivity index (χ2v) is 4.87. The highest BCUT2D eigenvalue weighted by atomic mass is 35.5. The van der Waals surface area contributed by atoms with Crippen LogP contribution in [0.4, 0.5) is 0 Å². The molecule has 0 N–H and O–H groups in total. The van der Waals surface area contributed by atoms with Crippen LogP contribution in [0.2, 0.25) is 10.0 Å². The summed E-state index contributed by atoms with van der Waals surface area (Å²) in [5.74, 6) is 0. The minimum Gasteiger partial charge on any atom is -0.306 e. The van der Waals surface area contributed by atoms with E-state index in [0.29, 0.717) is 15.6 Å². The monoisotopic (exact) mass is 287 g/mol. The highest BCUT2D eigenvalue weighted by molar-refractivity contribution is 6.36. The quantitative estimate of drug-likeness (QED) is 0.674. The first kappa shape index (κ1) is 12.0. The zero-order chi connectivity index (χ0) is 13.4. The molecule has 0 saturated heterocycles. The van der Waals surface area contributed by atoms with Crippen LogP contribution in [-0.2, 0) is 0 Å². The molecule has 0 aliphatic carbocycles. The average molecular weight is 288 g/mol. The van der Waals surface area contributed by atoms with Crippen LogP contribution in [0.1, 0.15) is 5.56 Å². The van der Waals surface area contributed by atoms with Gasteiger partial charge in [0, 0.05) is 39.8 Å². The van der Waals surface area contributed by atoms with Crippen LogP contribution in [0, 0.1) is 11.3 Å². The summed E-state index contributed by atoms with van der Waals surface area (Å²) in [5, 5.41) is 10.3. The van der Waals surface area contributed by atoms with Crippen LogP contribution >= 0.6 is 23.2 Å². The van der Waals surface area contributed by atoms with Gasteiger partial charge in [0.2, 0.25) is 0 Å². The minimum atomic E-state index is 0.517. The molecule has 3 nitrogen and oxygen atoms in total. The van der Waals surface area contributed by atoms with Gasteiger partial charge in [0.05, 0.1) is 11.6 Å². The molecule has 0 bridgehead atoms. The first-order valence-corrected chi connectivity index (χ1v) is 6.27. The highest BCUT2D eigenvalue weighted by Crippen LogP contribution is 2.32. The largest absolute Gasteiger partial charge is 0.306 e. The average Bonchev–Trinajstić information content (AvgIpc) is 2.84. The van der Waals surface area contributed by atoms with Crippen LogP contribution in [0.3, 0.4) is 0 Å². The van der Waals surface area contributed by atoms with Gasteiger partial charge in [-0.1, -0.05) is 29.3 Å². The fourth-order valence-electron chi connectivity index (χ4n) is 1.98. The molecule has 0 saturated carbocycles. The number of hydrogen-bond acceptors (Lipinski definition) is 2. The lowest BCUT2D eigenvalue weighted by molar-refractivity contribution is 1.18. The summed E-state index contributed by atoms with van der Waals surface area (Å²) in [6, 6.07) is 9.13. The number of nitrogens with zero attached hydrogens (tertiary/aromatic N) is 3. The molecular weight excluding hydrogens is 281 g/mol. The molecule has 92 valence electrons. The summed E-state index contributed by atoms with van der Waals surface area (Å²) in [5.41, 5.74) is 2.79. The molecule has 19 heavy (non-hydrogen) atoms. The van der Waals surface area contributed by atoms with Crippen molar-refractivity contribution in [2.45, 2.75) is 0 Å². The van der Waals surface area contributed by atoms with Gasteiger partial charge in [-0.2, -0.15) is 5.26 Å². The zero-order valence-corrected chi connectivity index (χ0v) is 11.2. The van der Waals surface area contributed by atoms with Gasteiger partial charge < -0.3 is 4.40 Å². The zero-order valence-electron chi connectivity index (χ0n) is 9.64. The van der Waals surface area contributed by atoms with Gasteiger partial charge >= 0.3 is 0 Å². The lowest BCUT2D eigenvalue weighted by Gasteiger charge is -2.08. The van der Waals surface area contributed by atoms with Crippen molar-refractivity contribution in [3.05, 3.63) is 58.5 Å². The van der Waals surface area contributed by atoms with Gasteiger partial charge in [0.15, 0.2) is 0 Å².